The van der Waals surface area contributed by atoms with Crippen molar-refractivity contribution < 1.29 is 8.42 Å². The van der Waals surface area contributed by atoms with Crippen LogP contribution in [0.1, 0.15) is 5.56 Å². The van der Waals surface area contributed by atoms with Crippen LogP contribution in [0.15, 0.2) is 29.2 Å². The highest BCUT2D eigenvalue weighted by atomic mass is 32.2. The summed E-state index contributed by atoms with van der Waals surface area (Å²) >= 11 is 0. The highest BCUT2D eigenvalue weighted by molar-refractivity contribution is 7.91. The van der Waals surface area contributed by atoms with Crippen LogP contribution in [0.25, 0.3) is 0 Å². The molecule has 0 atom stereocenters. The minimum atomic E-state index is -3.31. The Morgan fingerprint density at radius 2 is 1.81 bits per heavy atom. The van der Waals surface area contributed by atoms with Crippen LogP contribution < -0.4 is 5.43 Å². The summed E-state index contributed by atoms with van der Waals surface area (Å²) < 4.78 is 24.4. The lowest BCUT2D eigenvalue weighted by Gasteiger charge is -2.32. The summed E-state index contributed by atoms with van der Waals surface area (Å²) in [5.74, 6) is 0.0469. The normalized spacial score (nSPS) is 17.5. The van der Waals surface area contributed by atoms with Gasteiger partial charge in [0.25, 0.3) is 0 Å². The predicted molar refractivity (Wildman–Crippen MR) is 80.3 cm³/mol. The van der Waals surface area contributed by atoms with Crippen molar-refractivity contribution in [1.82, 2.24) is 15.3 Å². The van der Waals surface area contributed by atoms with Crippen molar-refractivity contribution in [1.29, 1.82) is 5.26 Å². The monoisotopic (exact) mass is 308 g/mol. The summed E-state index contributed by atoms with van der Waals surface area (Å²) in [7, 11) is -1.23. The number of hydrogen-bond acceptors (Lipinski definition) is 6. The van der Waals surface area contributed by atoms with Gasteiger partial charge in [-0.25, -0.2) is 13.4 Å². The van der Waals surface area contributed by atoms with Crippen LogP contribution in [-0.4, -0.2) is 63.9 Å². The Morgan fingerprint density at radius 1 is 1.19 bits per heavy atom. The molecule has 0 unspecified atom stereocenters. The van der Waals surface area contributed by atoms with Crippen molar-refractivity contribution >= 4 is 9.84 Å². The molecule has 0 radical (unpaired) electrons. The second-order valence-corrected chi connectivity index (χ2v) is 7.26. The molecular formula is C14H20N4O2S. The lowest BCUT2D eigenvalue weighted by molar-refractivity contribution is 0.107. The Morgan fingerprint density at radius 3 is 2.38 bits per heavy atom. The molecule has 1 fully saturated rings. The smallest absolute Gasteiger partial charge is 0.179 e. The van der Waals surface area contributed by atoms with Gasteiger partial charge in [0.15, 0.2) is 9.84 Å². The average molecular weight is 308 g/mol. The SMILES string of the molecule is CN1CCN(NCCS(=O)(=O)c2ccc(C#N)cc2)CC1. The first-order chi connectivity index (χ1) is 10.0. The average Bonchev–Trinajstić information content (AvgIpc) is 2.49. The van der Waals surface area contributed by atoms with Gasteiger partial charge in [-0.2, -0.15) is 5.26 Å². The molecule has 1 aliphatic rings. The summed E-state index contributed by atoms with van der Waals surface area (Å²) in [6, 6.07) is 8.01. The van der Waals surface area contributed by atoms with Gasteiger partial charge < -0.3 is 4.90 Å². The number of nitriles is 1. The van der Waals surface area contributed by atoms with E-state index in [1.54, 1.807) is 0 Å². The van der Waals surface area contributed by atoms with Crippen molar-refractivity contribution in [3.63, 3.8) is 0 Å². The van der Waals surface area contributed by atoms with Crippen LogP contribution in [-0.2, 0) is 9.84 Å². The molecule has 0 spiro atoms. The van der Waals surface area contributed by atoms with Crippen molar-refractivity contribution in [2.75, 3.05) is 45.5 Å². The van der Waals surface area contributed by atoms with E-state index in [0.717, 1.165) is 26.2 Å². The fraction of sp³-hybridized carbons (Fsp3) is 0.500. The zero-order valence-corrected chi connectivity index (χ0v) is 12.9. The zero-order valence-electron chi connectivity index (χ0n) is 12.1. The molecule has 6 nitrogen and oxygen atoms in total. The third-order valence-corrected chi connectivity index (χ3v) is 5.28. The van der Waals surface area contributed by atoms with Gasteiger partial charge in [-0.05, 0) is 31.3 Å². The molecule has 21 heavy (non-hydrogen) atoms. The van der Waals surface area contributed by atoms with Crippen molar-refractivity contribution in [2.24, 2.45) is 0 Å². The van der Waals surface area contributed by atoms with Crippen LogP contribution >= 0.6 is 0 Å². The first-order valence-electron chi connectivity index (χ1n) is 6.91. The van der Waals surface area contributed by atoms with Crippen molar-refractivity contribution in [3.05, 3.63) is 29.8 Å². The molecule has 0 aromatic heterocycles. The van der Waals surface area contributed by atoms with E-state index in [-0.39, 0.29) is 10.6 Å². The van der Waals surface area contributed by atoms with Gasteiger partial charge in [-0.1, -0.05) is 0 Å². The first-order valence-corrected chi connectivity index (χ1v) is 8.56. The maximum Gasteiger partial charge on any atom is 0.179 e. The highest BCUT2D eigenvalue weighted by Gasteiger charge is 2.16. The number of sulfone groups is 1. The lowest BCUT2D eigenvalue weighted by Crippen LogP contribution is -2.51. The molecule has 1 saturated heterocycles. The summed E-state index contributed by atoms with van der Waals surface area (Å²) in [6.07, 6.45) is 0. The molecule has 1 N–H and O–H groups in total. The van der Waals surface area contributed by atoms with Crippen molar-refractivity contribution in [3.8, 4) is 6.07 Å². The van der Waals surface area contributed by atoms with Gasteiger partial charge in [-0.3, -0.25) is 5.43 Å². The molecule has 2 rings (SSSR count). The number of piperazine rings is 1. The van der Waals surface area contributed by atoms with Gasteiger partial charge in [0.1, 0.15) is 0 Å². The van der Waals surface area contributed by atoms with Crippen LogP contribution in [0.4, 0.5) is 0 Å². The highest BCUT2D eigenvalue weighted by Crippen LogP contribution is 2.11. The molecule has 1 aromatic carbocycles. The Labute approximate surface area is 125 Å². The molecule has 1 aliphatic heterocycles. The van der Waals surface area contributed by atoms with Crippen LogP contribution in [0.3, 0.4) is 0 Å². The maximum absolute atomic E-state index is 12.2. The third-order valence-electron chi connectivity index (χ3n) is 3.55. The summed E-state index contributed by atoms with van der Waals surface area (Å²) in [5.41, 5.74) is 3.63. The van der Waals surface area contributed by atoms with E-state index in [9.17, 15) is 8.42 Å². The lowest BCUT2D eigenvalue weighted by atomic mass is 10.2. The number of nitrogens with zero attached hydrogens (tertiary/aromatic N) is 3. The third kappa shape index (κ3) is 4.51. The van der Waals surface area contributed by atoms with E-state index in [0.29, 0.717) is 12.1 Å². The standard InChI is InChI=1S/C14H20N4O2S/c1-17-7-9-18(10-8-17)16-6-11-21(19,20)14-4-2-13(12-15)3-5-14/h2-5,16H,6-11H2,1H3. The fourth-order valence-electron chi connectivity index (χ4n) is 2.16. The van der Waals surface area contributed by atoms with E-state index in [4.69, 9.17) is 5.26 Å². The molecule has 0 aliphatic carbocycles. The topological polar surface area (TPSA) is 76.4 Å². The number of benzene rings is 1. The minimum Gasteiger partial charge on any atom is -0.304 e. The van der Waals surface area contributed by atoms with Gasteiger partial charge in [0, 0.05) is 32.7 Å². The van der Waals surface area contributed by atoms with Gasteiger partial charge >= 0.3 is 0 Å². The maximum atomic E-state index is 12.2. The summed E-state index contributed by atoms with van der Waals surface area (Å²) in [6.45, 7) is 4.15. The quantitative estimate of drug-likeness (QED) is 0.830. The van der Waals surface area contributed by atoms with Crippen LogP contribution in [0.5, 0.6) is 0 Å². The van der Waals surface area contributed by atoms with Crippen LogP contribution in [0.2, 0.25) is 0 Å². The molecule has 7 heteroatoms. The van der Waals surface area contributed by atoms with E-state index in [2.05, 4.69) is 22.4 Å². The molecule has 0 saturated carbocycles. The van der Waals surface area contributed by atoms with Gasteiger partial charge in [0.05, 0.1) is 22.3 Å². The Hall–Kier alpha value is -1.46. The molecular weight excluding hydrogens is 288 g/mol. The Bertz CT molecular complexity index is 599. The van der Waals surface area contributed by atoms with Crippen LogP contribution in [0, 0.1) is 11.3 Å². The molecule has 0 amide bonds. The van der Waals surface area contributed by atoms with E-state index < -0.39 is 9.84 Å². The Balaban J connectivity index is 1.85. The number of hydrogen-bond donors (Lipinski definition) is 1. The van der Waals surface area contributed by atoms with E-state index >= 15 is 0 Å². The minimum absolute atomic E-state index is 0.0469. The molecule has 1 heterocycles. The van der Waals surface area contributed by atoms with Gasteiger partial charge in [0.2, 0.25) is 0 Å². The predicted octanol–water partition coefficient (Wildman–Crippen LogP) is 0.0840. The summed E-state index contributed by atoms with van der Waals surface area (Å²) in [5, 5.41) is 10.8. The summed E-state index contributed by atoms with van der Waals surface area (Å²) in [4.78, 5) is 2.51. The molecule has 114 valence electrons. The number of rotatable bonds is 5. The first kappa shape index (κ1) is 15.9. The number of likely N-dealkylation sites (N-methyl/N-ethyl adjacent to an activating group) is 1. The molecule has 0 bridgehead atoms. The van der Waals surface area contributed by atoms with Crippen molar-refractivity contribution in [2.45, 2.75) is 4.90 Å². The number of nitrogens with one attached hydrogen (secondary N) is 1. The fourth-order valence-corrected chi connectivity index (χ4v) is 3.30. The Kier molecular flexibility index (Phi) is 5.31. The second kappa shape index (κ2) is 7.00. The second-order valence-electron chi connectivity index (χ2n) is 5.15. The molecule has 1 aromatic rings. The van der Waals surface area contributed by atoms with E-state index in [1.165, 1.54) is 24.3 Å². The number of hydrazine groups is 1. The largest absolute Gasteiger partial charge is 0.304 e. The van der Waals surface area contributed by atoms with E-state index in [1.807, 2.05) is 6.07 Å². The zero-order chi connectivity index (χ0) is 15.3. The van der Waals surface area contributed by atoms with Gasteiger partial charge in [-0.15, -0.1) is 0 Å².